The predicted octanol–water partition coefficient (Wildman–Crippen LogP) is 3.68. The van der Waals surface area contributed by atoms with Crippen LogP contribution in [-0.2, 0) is 14.3 Å². The number of nitrogens with zero attached hydrogens (tertiary/aromatic N) is 2. The van der Waals surface area contributed by atoms with Crippen molar-refractivity contribution in [2.75, 3.05) is 46.0 Å². The number of halogens is 1. The van der Waals surface area contributed by atoms with E-state index < -0.39 is 23.5 Å². The van der Waals surface area contributed by atoms with E-state index >= 15 is 0 Å². The molecule has 2 aliphatic heterocycles. The van der Waals surface area contributed by atoms with Gasteiger partial charge in [0.2, 0.25) is 0 Å². The summed E-state index contributed by atoms with van der Waals surface area (Å²) in [6.45, 7) is 7.81. The van der Waals surface area contributed by atoms with E-state index in [4.69, 9.17) is 9.47 Å². The first kappa shape index (κ1) is 24.9. The Hall–Kier alpha value is -3.23. The highest BCUT2D eigenvalue weighted by atomic mass is 19.1. The summed E-state index contributed by atoms with van der Waals surface area (Å²) in [5.74, 6) is -1.74. The molecule has 0 aromatic heterocycles. The molecule has 35 heavy (non-hydrogen) atoms. The maximum Gasteiger partial charge on any atom is 0.295 e. The number of likely N-dealkylation sites (tertiary alicyclic amines) is 1. The number of morpholine rings is 1. The summed E-state index contributed by atoms with van der Waals surface area (Å²) in [5.41, 5.74) is 1.23. The first-order valence-electron chi connectivity index (χ1n) is 12.0. The number of Topliss-reactive ketones (excluding diaryl/α,β-unsaturated/α-hetero) is 1. The molecule has 0 radical (unpaired) electrons. The van der Waals surface area contributed by atoms with E-state index in [1.54, 1.807) is 36.4 Å². The Morgan fingerprint density at radius 1 is 1.14 bits per heavy atom. The second-order valence-corrected chi connectivity index (χ2v) is 8.80. The van der Waals surface area contributed by atoms with E-state index in [1.165, 1.54) is 11.0 Å². The lowest BCUT2D eigenvalue weighted by molar-refractivity contribution is -0.140. The van der Waals surface area contributed by atoms with E-state index in [9.17, 15) is 19.1 Å². The molecule has 7 nitrogen and oxygen atoms in total. The molecular formula is C27H31FN2O5. The first-order valence-corrected chi connectivity index (χ1v) is 12.0. The molecule has 1 atom stereocenters. The number of hydrogen-bond donors (Lipinski definition) is 1. The number of ether oxygens (including phenoxy) is 2. The number of carbonyl (C=O) groups excluding carboxylic acids is 2. The van der Waals surface area contributed by atoms with Gasteiger partial charge in [0.1, 0.15) is 17.3 Å². The molecule has 2 heterocycles. The topological polar surface area (TPSA) is 79.3 Å². The van der Waals surface area contributed by atoms with Crippen LogP contribution < -0.4 is 4.74 Å². The maximum atomic E-state index is 14.9. The van der Waals surface area contributed by atoms with Gasteiger partial charge in [-0.05, 0) is 43.2 Å². The Bertz CT molecular complexity index is 1130. The van der Waals surface area contributed by atoms with Gasteiger partial charge in [-0.25, -0.2) is 4.39 Å². The molecule has 0 bridgehead atoms. The van der Waals surface area contributed by atoms with Crippen LogP contribution in [0.15, 0.2) is 48.0 Å². The van der Waals surface area contributed by atoms with Gasteiger partial charge in [-0.15, -0.1) is 0 Å². The second kappa shape index (κ2) is 11.0. The number of aryl methyl sites for hydroxylation is 1. The van der Waals surface area contributed by atoms with E-state index in [0.29, 0.717) is 37.7 Å². The summed E-state index contributed by atoms with van der Waals surface area (Å²) in [7, 11) is 0. The highest BCUT2D eigenvalue weighted by molar-refractivity contribution is 6.46. The molecule has 2 saturated heterocycles. The van der Waals surface area contributed by atoms with E-state index in [2.05, 4.69) is 4.90 Å². The lowest BCUT2D eigenvalue weighted by Crippen LogP contribution is -2.42. The molecule has 2 aromatic carbocycles. The van der Waals surface area contributed by atoms with Gasteiger partial charge in [0.25, 0.3) is 11.7 Å². The largest absolute Gasteiger partial charge is 0.507 e. The Labute approximate surface area is 204 Å². The Morgan fingerprint density at radius 2 is 1.89 bits per heavy atom. The zero-order chi connectivity index (χ0) is 24.9. The van der Waals surface area contributed by atoms with Gasteiger partial charge in [-0.3, -0.25) is 14.5 Å². The van der Waals surface area contributed by atoms with E-state index in [1.807, 2.05) is 13.8 Å². The van der Waals surface area contributed by atoms with Crippen LogP contribution in [0.5, 0.6) is 5.75 Å². The molecule has 1 unspecified atom stereocenters. The van der Waals surface area contributed by atoms with Crippen molar-refractivity contribution in [2.24, 2.45) is 0 Å². The SMILES string of the molecule is CCCOc1ccc(C(O)=C2C(=O)C(=O)N(CCN3CCOCC3)C2c2ccccc2F)cc1C. The van der Waals surface area contributed by atoms with Crippen molar-refractivity contribution in [1.29, 1.82) is 0 Å². The third kappa shape index (κ3) is 5.23. The number of aliphatic hydroxyl groups excluding tert-OH is 1. The quantitative estimate of drug-likeness (QED) is 0.351. The molecule has 0 saturated carbocycles. The third-order valence-electron chi connectivity index (χ3n) is 6.41. The maximum absolute atomic E-state index is 14.9. The summed E-state index contributed by atoms with van der Waals surface area (Å²) in [6.07, 6.45) is 0.859. The van der Waals surface area contributed by atoms with E-state index in [0.717, 1.165) is 25.1 Å². The molecule has 8 heteroatoms. The van der Waals surface area contributed by atoms with Crippen LogP contribution >= 0.6 is 0 Å². The fourth-order valence-electron chi connectivity index (χ4n) is 4.53. The lowest BCUT2D eigenvalue weighted by Gasteiger charge is -2.31. The molecule has 0 aliphatic carbocycles. The van der Waals surface area contributed by atoms with E-state index in [-0.39, 0.29) is 23.4 Å². The lowest BCUT2D eigenvalue weighted by atomic mass is 9.94. The smallest absolute Gasteiger partial charge is 0.295 e. The van der Waals surface area contributed by atoms with Crippen molar-refractivity contribution in [3.05, 3.63) is 70.5 Å². The van der Waals surface area contributed by atoms with Gasteiger partial charge in [-0.2, -0.15) is 0 Å². The summed E-state index contributed by atoms with van der Waals surface area (Å²) in [6, 6.07) is 10.1. The molecular weight excluding hydrogens is 451 g/mol. The second-order valence-electron chi connectivity index (χ2n) is 8.80. The van der Waals surface area contributed by atoms with Crippen molar-refractivity contribution in [2.45, 2.75) is 26.3 Å². The standard InChI is InChI=1S/C27H31FN2O5/c1-3-14-35-22-9-8-19(17-18(22)2)25(31)23-24(20-6-4-5-7-21(20)28)30(27(33)26(23)32)11-10-29-12-15-34-16-13-29/h4-9,17,24,31H,3,10-16H2,1-2H3. The van der Waals surface area contributed by atoms with Gasteiger partial charge >= 0.3 is 0 Å². The van der Waals surface area contributed by atoms with Crippen molar-refractivity contribution in [1.82, 2.24) is 9.80 Å². The zero-order valence-electron chi connectivity index (χ0n) is 20.1. The molecule has 1 amide bonds. The summed E-state index contributed by atoms with van der Waals surface area (Å²) < 4.78 is 26.0. The van der Waals surface area contributed by atoms with Crippen LogP contribution in [0.2, 0.25) is 0 Å². The van der Waals surface area contributed by atoms with Crippen LogP contribution in [0.1, 0.15) is 36.1 Å². The van der Waals surface area contributed by atoms with Gasteiger partial charge in [0.05, 0.1) is 31.4 Å². The van der Waals surface area contributed by atoms with Crippen molar-refractivity contribution >= 4 is 17.4 Å². The van der Waals surface area contributed by atoms with Gasteiger partial charge in [-0.1, -0.05) is 25.1 Å². The fourth-order valence-corrected chi connectivity index (χ4v) is 4.53. The van der Waals surface area contributed by atoms with Crippen LogP contribution in [-0.4, -0.2) is 72.6 Å². The van der Waals surface area contributed by atoms with Crippen LogP contribution in [0.4, 0.5) is 4.39 Å². The number of carbonyl (C=O) groups is 2. The minimum atomic E-state index is -1.02. The highest BCUT2D eigenvalue weighted by Crippen LogP contribution is 2.40. The van der Waals surface area contributed by atoms with Crippen LogP contribution in [0.25, 0.3) is 5.76 Å². The van der Waals surface area contributed by atoms with Gasteiger partial charge in [0.15, 0.2) is 0 Å². The molecule has 2 aliphatic rings. The Balaban J connectivity index is 1.73. The summed E-state index contributed by atoms with van der Waals surface area (Å²) in [5, 5.41) is 11.2. The minimum Gasteiger partial charge on any atom is -0.507 e. The highest BCUT2D eigenvalue weighted by Gasteiger charge is 2.46. The molecule has 2 aromatic rings. The van der Waals surface area contributed by atoms with Crippen molar-refractivity contribution < 1.29 is 28.6 Å². The monoisotopic (exact) mass is 482 g/mol. The Morgan fingerprint density at radius 3 is 2.57 bits per heavy atom. The number of hydrogen-bond acceptors (Lipinski definition) is 6. The number of amides is 1. The number of rotatable bonds is 8. The number of benzene rings is 2. The van der Waals surface area contributed by atoms with Gasteiger partial charge < -0.3 is 19.5 Å². The number of ketones is 1. The average molecular weight is 483 g/mol. The summed E-state index contributed by atoms with van der Waals surface area (Å²) >= 11 is 0. The predicted molar refractivity (Wildman–Crippen MR) is 130 cm³/mol. The Kier molecular flexibility index (Phi) is 7.83. The van der Waals surface area contributed by atoms with Crippen LogP contribution in [0, 0.1) is 12.7 Å². The van der Waals surface area contributed by atoms with Crippen molar-refractivity contribution in [3.8, 4) is 5.75 Å². The average Bonchev–Trinajstić information content (AvgIpc) is 3.12. The first-order chi connectivity index (χ1) is 16.9. The third-order valence-corrected chi connectivity index (χ3v) is 6.41. The van der Waals surface area contributed by atoms with Gasteiger partial charge in [0, 0.05) is 37.3 Å². The van der Waals surface area contributed by atoms with Crippen molar-refractivity contribution in [3.63, 3.8) is 0 Å². The summed E-state index contributed by atoms with van der Waals surface area (Å²) in [4.78, 5) is 29.8. The molecule has 1 N–H and O–H groups in total. The zero-order valence-corrected chi connectivity index (χ0v) is 20.1. The molecule has 0 spiro atoms. The molecule has 2 fully saturated rings. The fraction of sp³-hybridized carbons (Fsp3) is 0.407. The minimum absolute atomic E-state index is 0.108. The molecule has 4 rings (SSSR count). The number of aliphatic hydroxyl groups is 1. The van der Waals surface area contributed by atoms with Crippen LogP contribution in [0.3, 0.4) is 0 Å². The molecule has 186 valence electrons. The normalized spacial score (nSPS) is 20.4.